The first-order valence-corrected chi connectivity index (χ1v) is 12.0. The van der Waals surface area contributed by atoms with Crippen LogP contribution in [0.3, 0.4) is 0 Å². The molecule has 156 valence electrons. The third-order valence-electron chi connectivity index (χ3n) is 6.73. The maximum absolute atomic E-state index is 12.7. The smallest absolute Gasteiger partial charge is 0.228 e. The molecule has 28 heavy (non-hydrogen) atoms. The van der Waals surface area contributed by atoms with E-state index in [2.05, 4.69) is 10.6 Å². The van der Waals surface area contributed by atoms with Crippen LogP contribution in [0.25, 0.3) is 0 Å². The lowest BCUT2D eigenvalue weighted by Crippen LogP contribution is -2.31. The molecule has 0 aromatic heterocycles. The summed E-state index contributed by atoms with van der Waals surface area (Å²) in [6, 6.07) is 7.37. The first kappa shape index (κ1) is 21.6. The van der Waals surface area contributed by atoms with Gasteiger partial charge in [0.25, 0.3) is 0 Å². The van der Waals surface area contributed by atoms with Crippen molar-refractivity contribution in [2.45, 2.75) is 62.4 Å². The van der Waals surface area contributed by atoms with E-state index < -0.39 is 9.84 Å². The molecule has 1 saturated heterocycles. The minimum Gasteiger partial charge on any atom is -0.326 e. The van der Waals surface area contributed by atoms with Crippen LogP contribution in [0.15, 0.2) is 24.3 Å². The van der Waals surface area contributed by atoms with Gasteiger partial charge in [0.2, 0.25) is 5.91 Å². The molecule has 7 heteroatoms. The summed E-state index contributed by atoms with van der Waals surface area (Å²) in [5.74, 6) is 0.263. The highest BCUT2D eigenvalue weighted by molar-refractivity contribution is 7.91. The first-order valence-electron chi connectivity index (χ1n) is 10.3. The number of amides is 1. The molecule has 2 N–H and O–H groups in total. The SMILES string of the molecule is Cl.O=C(Nc1cccc(CS(=O)(=O)C2CCCCC2)c1)C1CC12CCNCC2. The molecule has 4 rings (SSSR count). The molecule has 1 spiro atoms. The van der Waals surface area contributed by atoms with Gasteiger partial charge in [-0.2, -0.15) is 0 Å². The van der Waals surface area contributed by atoms with Gasteiger partial charge in [-0.1, -0.05) is 31.4 Å². The summed E-state index contributed by atoms with van der Waals surface area (Å²) < 4.78 is 25.4. The summed E-state index contributed by atoms with van der Waals surface area (Å²) in [6.07, 6.45) is 7.88. The van der Waals surface area contributed by atoms with Crippen LogP contribution in [0.1, 0.15) is 56.9 Å². The topological polar surface area (TPSA) is 75.3 Å². The summed E-state index contributed by atoms with van der Waals surface area (Å²) in [5, 5.41) is 6.19. The van der Waals surface area contributed by atoms with Gasteiger partial charge in [-0.3, -0.25) is 4.79 Å². The molecule has 2 saturated carbocycles. The van der Waals surface area contributed by atoms with E-state index in [1.807, 2.05) is 24.3 Å². The number of carbonyl (C=O) groups excluding carboxylic acids is 1. The average Bonchev–Trinajstić information content (AvgIpc) is 3.36. The van der Waals surface area contributed by atoms with Gasteiger partial charge in [-0.05, 0) is 68.3 Å². The molecule has 1 amide bonds. The van der Waals surface area contributed by atoms with E-state index >= 15 is 0 Å². The van der Waals surface area contributed by atoms with Crippen molar-refractivity contribution in [2.75, 3.05) is 18.4 Å². The highest BCUT2D eigenvalue weighted by atomic mass is 35.5. The standard InChI is InChI=1S/C21H30N2O3S.ClH/c24-20(19-14-21(19)9-11-22-12-10-21)23-17-6-4-5-16(13-17)15-27(25,26)18-7-2-1-3-8-18;/h4-6,13,18-19,22H,1-3,7-12,14-15H2,(H,23,24);1H. The monoisotopic (exact) mass is 426 g/mol. The minimum atomic E-state index is -3.13. The van der Waals surface area contributed by atoms with Crippen molar-refractivity contribution in [3.63, 3.8) is 0 Å². The molecule has 1 atom stereocenters. The Hall–Kier alpha value is -1.11. The van der Waals surface area contributed by atoms with Gasteiger partial charge in [-0.15, -0.1) is 12.4 Å². The van der Waals surface area contributed by atoms with E-state index in [1.165, 1.54) is 0 Å². The fraction of sp³-hybridized carbons (Fsp3) is 0.667. The molecule has 5 nitrogen and oxygen atoms in total. The van der Waals surface area contributed by atoms with Gasteiger partial charge in [0.05, 0.1) is 11.0 Å². The van der Waals surface area contributed by atoms with E-state index in [0.29, 0.717) is 5.69 Å². The quantitative estimate of drug-likeness (QED) is 0.752. The fourth-order valence-corrected chi connectivity index (χ4v) is 6.87. The number of hydrogen-bond donors (Lipinski definition) is 2. The average molecular weight is 427 g/mol. The second-order valence-electron chi connectivity index (χ2n) is 8.63. The molecule has 3 fully saturated rings. The highest BCUT2D eigenvalue weighted by Crippen LogP contribution is 2.58. The van der Waals surface area contributed by atoms with Crippen molar-refractivity contribution in [3.05, 3.63) is 29.8 Å². The predicted octanol–water partition coefficient (Wildman–Crippen LogP) is 3.68. The van der Waals surface area contributed by atoms with Crippen LogP contribution in [-0.4, -0.2) is 32.7 Å². The summed E-state index contributed by atoms with van der Waals surface area (Å²) in [5.41, 5.74) is 1.69. The normalized spacial score (nSPS) is 24.4. The second kappa shape index (κ2) is 8.72. The van der Waals surface area contributed by atoms with E-state index in [4.69, 9.17) is 0 Å². The van der Waals surface area contributed by atoms with Crippen molar-refractivity contribution in [2.24, 2.45) is 11.3 Å². The van der Waals surface area contributed by atoms with Crippen LogP contribution in [0.2, 0.25) is 0 Å². The largest absolute Gasteiger partial charge is 0.326 e. The van der Waals surface area contributed by atoms with Gasteiger partial charge in [0.1, 0.15) is 0 Å². The molecule has 1 unspecified atom stereocenters. The van der Waals surface area contributed by atoms with E-state index in [1.54, 1.807) is 0 Å². The number of hydrogen-bond acceptors (Lipinski definition) is 4. The highest BCUT2D eigenvalue weighted by Gasteiger charge is 2.57. The van der Waals surface area contributed by atoms with E-state index in [0.717, 1.165) is 70.0 Å². The van der Waals surface area contributed by atoms with Crippen LogP contribution in [0, 0.1) is 11.3 Å². The Balaban J connectivity index is 0.00000225. The zero-order valence-electron chi connectivity index (χ0n) is 16.3. The number of anilines is 1. The van der Waals surface area contributed by atoms with Crippen LogP contribution >= 0.6 is 12.4 Å². The molecule has 3 aliphatic rings. The van der Waals surface area contributed by atoms with Crippen LogP contribution in [-0.2, 0) is 20.4 Å². The molecule has 1 heterocycles. The summed E-state index contributed by atoms with van der Waals surface area (Å²) in [7, 11) is -3.13. The van der Waals surface area contributed by atoms with Crippen LogP contribution in [0.5, 0.6) is 0 Å². The van der Waals surface area contributed by atoms with Crippen molar-refractivity contribution >= 4 is 33.8 Å². The van der Waals surface area contributed by atoms with Gasteiger partial charge < -0.3 is 10.6 Å². The maximum Gasteiger partial charge on any atom is 0.228 e. The van der Waals surface area contributed by atoms with E-state index in [9.17, 15) is 13.2 Å². The molecule has 1 aromatic rings. The van der Waals surface area contributed by atoms with Crippen molar-refractivity contribution in [1.29, 1.82) is 0 Å². The lowest BCUT2D eigenvalue weighted by atomic mass is 9.92. The first-order chi connectivity index (χ1) is 13.0. The molecule has 0 bridgehead atoms. The summed E-state index contributed by atoms with van der Waals surface area (Å²) in [6.45, 7) is 2.00. The summed E-state index contributed by atoms with van der Waals surface area (Å²) in [4.78, 5) is 12.6. The van der Waals surface area contributed by atoms with Crippen molar-refractivity contribution in [3.8, 4) is 0 Å². The van der Waals surface area contributed by atoms with Crippen LogP contribution < -0.4 is 10.6 Å². The fourth-order valence-electron chi connectivity index (χ4n) is 4.94. The Morgan fingerprint density at radius 2 is 1.86 bits per heavy atom. The molecular weight excluding hydrogens is 396 g/mol. The van der Waals surface area contributed by atoms with Crippen LogP contribution in [0.4, 0.5) is 5.69 Å². The Labute approximate surface area is 174 Å². The van der Waals surface area contributed by atoms with Gasteiger partial charge in [0, 0.05) is 11.6 Å². The Bertz CT molecular complexity index is 800. The molecule has 1 aromatic carbocycles. The lowest BCUT2D eigenvalue weighted by Gasteiger charge is -2.23. The van der Waals surface area contributed by atoms with Gasteiger partial charge in [0.15, 0.2) is 9.84 Å². The minimum absolute atomic E-state index is 0. The number of halogens is 1. The number of nitrogens with one attached hydrogen (secondary N) is 2. The zero-order chi connectivity index (χ0) is 18.9. The predicted molar refractivity (Wildman–Crippen MR) is 114 cm³/mol. The molecule has 0 radical (unpaired) electrons. The third kappa shape index (κ3) is 4.71. The number of benzene rings is 1. The number of sulfone groups is 1. The third-order valence-corrected chi connectivity index (χ3v) is 8.95. The van der Waals surface area contributed by atoms with Gasteiger partial charge in [-0.25, -0.2) is 8.42 Å². The lowest BCUT2D eigenvalue weighted by molar-refractivity contribution is -0.118. The van der Waals surface area contributed by atoms with Gasteiger partial charge >= 0.3 is 0 Å². The summed E-state index contributed by atoms with van der Waals surface area (Å²) >= 11 is 0. The Morgan fingerprint density at radius 3 is 2.57 bits per heavy atom. The zero-order valence-corrected chi connectivity index (χ0v) is 17.9. The molecule has 1 aliphatic heterocycles. The second-order valence-corrected chi connectivity index (χ2v) is 10.9. The van der Waals surface area contributed by atoms with Crippen molar-refractivity contribution < 1.29 is 13.2 Å². The molecular formula is C21H31ClN2O3S. The number of carbonyl (C=O) groups is 1. The Morgan fingerprint density at radius 1 is 1.14 bits per heavy atom. The van der Waals surface area contributed by atoms with Crippen molar-refractivity contribution in [1.82, 2.24) is 5.32 Å². The maximum atomic E-state index is 12.7. The number of piperidine rings is 1. The van der Waals surface area contributed by atoms with E-state index in [-0.39, 0.29) is 40.6 Å². The number of rotatable bonds is 5. The molecule has 2 aliphatic carbocycles. The Kier molecular flexibility index (Phi) is 6.72.